The molecule has 0 aliphatic carbocycles. The maximum Gasteiger partial charge on any atom is 1.00 e. The molecule has 0 rings (SSSR count). The number of hydrogen-bond acceptors (Lipinski definition) is 7. The number of hydrogen-bond donors (Lipinski definition) is 3. The summed E-state index contributed by atoms with van der Waals surface area (Å²) < 4.78 is 0. The van der Waals surface area contributed by atoms with E-state index < -0.39 is 36.4 Å². The van der Waals surface area contributed by atoms with Crippen molar-refractivity contribution in [1.82, 2.24) is 0 Å². The molecule has 0 saturated carbocycles. The zero-order valence-electron chi connectivity index (χ0n) is 26.1. The largest absolute Gasteiger partial charge is 1.00 e. The summed E-state index contributed by atoms with van der Waals surface area (Å²) in [6.07, 6.45) is 28.5. The molecule has 10 heteroatoms. The number of rotatable bonds is 27. The van der Waals surface area contributed by atoms with Crippen molar-refractivity contribution in [3.05, 3.63) is 0 Å². The quantitative estimate of drug-likeness (QED) is 0.0751. The summed E-state index contributed by atoms with van der Waals surface area (Å²) in [5.41, 5.74) is -2.86. The predicted molar refractivity (Wildman–Crippen MR) is 146 cm³/mol. The number of carboxylic acid groups (broad SMARTS) is 3. The van der Waals surface area contributed by atoms with E-state index in [1.807, 2.05) is 0 Å². The van der Waals surface area contributed by atoms with Crippen LogP contribution >= 0.6 is 0 Å². The van der Waals surface area contributed by atoms with Gasteiger partial charge in [0.15, 0.2) is 5.60 Å². The van der Waals surface area contributed by atoms with Gasteiger partial charge in [0.25, 0.3) is 0 Å². The number of carbonyl (C=O) groups is 3. The summed E-state index contributed by atoms with van der Waals surface area (Å²) in [4.78, 5) is 30.2. The van der Waals surface area contributed by atoms with Gasteiger partial charge in [-0.15, -0.1) is 0 Å². The van der Waals surface area contributed by atoms with Crippen LogP contribution in [0.3, 0.4) is 0 Å². The summed E-state index contributed by atoms with van der Waals surface area (Å²) in [7, 11) is 0. The molecule has 3 N–H and O–H groups in total. The van der Waals surface area contributed by atoms with Crippen molar-refractivity contribution in [1.29, 1.82) is 0 Å². The van der Waals surface area contributed by atoms with Crippen LogP contribution in [0.5, 0.6) is 0 Å². The molecule has 0 aromatic heterocycles. The molecule has 0 fully saturated rings. The van der Waals surface area contributed by atoms with Crippen molar-refractivity contribution in [3.63, 3.8) is 0 Å². The SMILES string of the molecule is CCCCCCCCCCCCCCCCCCCCCCCCO.O=C([O-])CC(O)(CC(=O)[O-])C(=O)O.[K+].[K+]. The Balaban J connectivity index is -0.000000368. The summed E-state index contributed by atoms with van der Waals surface area (Å²) >= 11 is 0. The van der Waals surface area contributed by atoms with Crippen LogP contribution in [0.25, 0.3) is 0 Å². The molecule has 8 nitrogen and oxygen atoms in total. The summed E-state index contributed by atoms with van der Waals surface area (Å²) in [6, 6.07) is 0. The third-order valence-corrected chi connectivity index (χ3v) is 6.78. The molecule has 0 aromatic carbocycles. The molecular weight excluding hydrogens is 567 g/mol. The van der Waals surface area contributed by atoms with Gasteiger partial charge in [0.2, 0.25) is 0 Å². The number of carbonyl (C=O) groups excluding carboxylic acids is 2. The Kier molecular flexibility index (Phi) is 44.6. The monoisotopic (exact) mass is 622 g/mol. The maximum absolute atomic E-state index is 10.3. The van der Waals surface area contributed by atoms with Crippen molar-refractivity contribution in [2.45, 2.75) is 167 Å². The Bertz CT molecular complexity index is 538. The van der Waals surface area contributed by atoms with Gasteiger partial charge in [0.05, 0.1) is 0 Å². The number of aliphatic carboxylic acids is 3. The second kappa shape index (κ2) is 36.8. The average Bonchev–Trinajstić information content (AvgIpc) is 2.84. The van der Waals surface area contributed by atoms with E-state index in [4.69, 9.17) is 15.3 Å². The fourth-order valence-electron chi connectivity index (χ4n) is 4.41. The zero-order valence-corrected chi connectivity index (χ0v) is 32.3. The minimum Gasteiger partial charge on any atom is -0.550 e. The Labute approximate surface area is 329 Å². The summed E-state index contributed by atoms with van der Waals surface area (Å²) in [5, 5.41) is 45.9. The first kappa shape index (κ1) is 48.5. The fraction of sp³-hybridized carbons (Fsp3) is 0.900. The van der Waals surface area contributed by atoms with Crippen molar-refractivity contribution in [2.24, 2.45) is 0 Å². The number of carboxylic acids is 3. The number of aliphatic hydroxyl groups is 2. The molecule has 0 heterocycles. The second-order valence-corrected chi connectivity index (χ2v) is 10.6. The van der Waals surface area contributed by atoms with Gasteiger partial charge in [0, 0.05) is 31.4 Å². The molecule has 0 spiro atoms. The third kappa shape index (κ3) is 37.6. The van der Waals surface area contributed by atoms with Crippen LogP contribution < -0.4 is 113 Å². The predicted octanol–water partition coefficient (Wildman–Crippen LogP) is -1.33. The van der Waals surface area contributed by atoms with Crippen LogP contribution in [-0.2, 0) is 14.4 Å². The molecule has 0 aliphatic heterocycles. The van der Waals surface area contributed by atoms with Gasteiger partial charge in [-0.1, -0.05) is 142 Å². The topological polar surface area (TPSA) is 158 Å². The molecule has 0 unspecified atom stereocenters. The minimum absolute atomic E-state index is 0. The first-order valence-electron chi connectivity index (χ1n) is 15.2. The van der Waals surface area contributed by atoms with Gasteiger partial charge in [0.1, 0.15) is 0 Å². The standard InChI is InChI=1S/C24H50O.C6H8O7.2K/c1-2-3-4-5-6-7-8-9-10-11-12-13-14-15-16-17-18-19-20-21-22-23-24-25;7-3(8)1-6(13,5(11)12)2-4(9)10;;/h25H,2-24H2,1H3;13H,1-2H2,(H,7,8)(H,9,10)(H,11,12);;/q;;2*+1/p-2. The van der Waals surface area contributed by atoms with E-state index in [0.29, 0.717) is 6.61 Å². The van der Waals surface area contributed by atoms with Crippen molar-refractivity contribution >= 4 is 17.9 Å². The van der Waals surface area contributed by atoms with Crippen LogP contribution in [0.2, 0.25) is 0 Å². The summed E-state index contributed by atoms with van der Waals surface area (Å²) in [6.45, 7) is 2.67. The average molecular weight is 623 g/mol. The van der Waals surface area contributed by atoms with Crippen molar-refractivity contribution in [2.75, 3.05) is 6.61 Å². The molecular formula is C30H56K2O8. The second-order valence-electron chi connectivity index (χ2n) is 10.6. The van der Waals surface area contributed by atoms with E-state index in [0.717, 1.165) is 6.42 Å². The molecule has 40 heavy (non-hydrogen) atoms. The smallest absolute Gasteiger partial charge is 0.550 e. The van der Waals surface area contributed by atoms with Crippen molar-refractivity contribution in [3.8, 4) is 0 Å². The van der Waals surface area contributed by atoms with Gasteiger partial charge in [-0.3, -0.25) is 0 Å². The molecule has 0 bridgehead atoms. The molecule has 0 aliphatic rings. The van der Waals surface area contributed by atoms with Crippen molar-refractivity contribution < 1.29 is 143 Å². The van der Waals surface area contributed by atoms with Crippen LogP contribution in [0.1, 0.15) is 161 Å². The first-order chi connectivity index (χ1) is 18.2. The first-order valence-corrected chi connectivity index (χ1v) is 15.2. The molecule has 0 atom stereocenters. The summed E-state index contributed by atoms with van der Waals surface area (Å²) in [5.74, 6) is -5.65. The molecule has 226 valence electrons. The zero-order chi connectivity index (χ0) is 28.9. The van der Waals surface area contributed by atoms with Gasteiger partial charge in [-0.25, -0.2) is 4.79 Å². The van der Waals surface area contributed by atoms with Crippen LogP contribution in [0.15, 0.2) is 0 Å². The molecule has 0 saturated heterocycles. The maximum atomic E-state index is 10.3. The van der Waals surface area contributed by atoms with Gasteiger partial charge >= 0.3 is 109 Å². The Morgan fingerprint density at radius 1 is 0.525 bits per heavy atom. The Morgan fingerprint density at radius 3 is 0.925 bits per heavy atom. The normalized spacial score (nSPS) is 10.6. The van der Waals surface area contributed by atoms with E-state index in [-0.39, 0.29) is 103 Å². The fourth-order valence-corrected chi connectivity index (χ4v) is 4.41. The van der Waals surface area contributed by atoms with Gasteiger partial charge in [-0.2, -0.15) is 0 Å². The van der Waals surface area contributed by atoms with Crippen LogP contribution in [0, 0.1) is 0 Å². The number of unbranched alkanes of at least 4 members (excludes halogenated alkanes) is 21. The van der Waals surface area contributed by atoms with E-state index in [1.165, 1.54) is 135 Å². The van der Waals surface area contributed by atoms with E-state index >= 15 is 0 Å². The van der Waals surface area contributed by atoms with Gasteiger partial charge in [-0.05, 0) is 6.42 Å². The van der Waals surface area contributed by atoms with E-state index in [9.17, 15) is 24.6 Å². The number of aliphatic hydroxyl groups excluding tert-OH is 1. The van der Waals surface area contributed by atoms with Crippen LogP contribution in [-0.4, -0.2) is 45.4 Å². The van der Waals surface area contributed by atoms with E-state index in [2.05, 4.69) is 6.92 Å². The Morgan fingerprint density at radius 2 is 0.750 bits per heavy atom. The molecule has 0 amide bonds. The minimum atomic E-state index is -2.86. The van der Waals surface area contributed by atoms with Crippen LogP contribution in [0.4, 0.5) is 0 Å². The van der Waals surface area contributed by atoms with E-state index in [1.54, 1.807) is 0 Å². The Hall–Kier alpha value is 1.60. The molecule has 0 aromatic rings. The van der Waals surface area contributed by atoms with Gasteiger partial charge < -0.3 is 35.1 Å². The molecule has 0 radical (unpaired) electrons. The third-order valence-electron chi connectivity index (χ3n) is 6.78.